The van der Waals surface area contributed by atoms with Crippen LogP contribution in [0.3, 0.4) is 0 Å². The molecule has 0 atom stereocenters. The van der Waals surface area contributed by atoms with Gasteiger partial charge in [0.2, 0.25) is 0 Å². The summed E-state index contributed by atoms with van der Waals surface area (Å²) in [6.45, 7) is 0.161. The average molecular weight is 163 g/mol. The van der Waals surface area contributed by atoms with E-state index in [1.807, 2.05) is 0 Å². The maximum Gasteiger partial charge on any atom is 0.407 e. The summed E-state index contributed by atoms with van der Waals surface area (Å²) < 4.78 is 0. The minimum atomic E-state index is -1.06. The second-order valence-electron chi connectivity index (χ2n) is 2.07. The third-order valence-corrected chi connectivity index (χ3v) is 1.23. The summed E-state index contributed by atoms with van der Waals surface area (Å²) in [5, 5.41) is 25.3. The number of hydrogen-bond acceptors (Lipinski definition) is 3. The van der Waals surface area contributed by atoms with Crippen molar-refractivity contribution in [3.63, 3.8) is 0 Å². The Kier molecular flexibility index (Phi) is 5.50. The molecule has 11 heavy (non-hydrogen) atoms. The number of aliphatic hydroxyl groups excluding tert-OH is 2. The molecule has 0 fully saturated rings. The van der Waals surface area contributed by atoms with Gasteiger partial charge < -0.3 is 20.2 Å². The van der Waals surface area contributed by atoms with Crippen molar-refractivity contribution in [2.75, 3.05) is 26.3 Å². The first-order chi connectivity index (χ1) is 5.22. The zero-order chi connectivity index (χ0) is 8.69. The third-order valence-electron chi connectivity index (χ3n) is 1.23. The van der Waals surface area contributed by atoms with Crippen molar-refractivity contribution < 1.29 is 20.1 Å². The van der Waals surface area contributed by atoms with Crippen LogP contribution in [0.5, 0.6) is 0 Å². The number of hydrogen-bond donors (Lipinski definition) is 3. The van der Waals surface area contributed by atoms with Gasteiger partial charge in [0.15, 0.2) is 0 Å². The van der Waals surface area contributed by atoms with Gasteiger partial charge in [0.1, 0.15) is 0 Å². The quantitative estimate of drug-likeness (QED) is 0.502. The molecule has 0 saturated heterocycles. The van der Waals surface area contributed by atoms with Crippen LogP contribution in [0.4, 0.5) is 4.79 Å². The zero-order valence-electron chi connectivity index (χ0n) is 6.23. The molecule has 5 nitrogen and oxygen atoms in total. The zero-order valence-corrected chi connectivity index (χ0v) is 6.23. The first-order valence-electron chi connectivity index (χ1n) is 3.42. The third kappa shape index (κ3) is 4.58. The van der Waals surface area contributed by atoms with Crippen molar-refractivity contribution >= 4 is 6.09 Å². The molecule has 0 aromatic rings. The Bertz CT molecular complexity index is 117. The molecular weight excluding hydrogens is 150 g/mol. The minimum Gasteiger partial charge on any atom is -0.465 e. The number of rotatable bonds is 5. The predicted octanol–water partition coefficient (Wildman–Crippen LogP) is -0.659. The molecule has 3 N–H and O–H groups in total. The Morgan fingerprint density at radius 2 is 1.82 bits per heavy atom. The van der Waals surface area contributed by atoms with E-state index in [2.05, 4.69) is 0 Å². The lowest BCUT2D eigenvalue weighted by molar-refractivity contribution is 0.127. The van der Waals surface area contributed by atoms with E-state index in [-0.39, 0.29) is 26.3 Å². The summed E-state index contributed by atoms with van der Waals surface area (Å²) in [6.07, 6.45) is -0.653. The van der Waals surface area contributed by atoms with Gasteiger partial charge in [-0.05, 0) is 6.42 Å². The fourth-order valence-corrected chi connectivity index (χ4v) is 0.685. The van der Waals surface area contributed by atoms with Gasteiger partial charge in [0.05, 0.1) is 6.61 Å². The monoisotopic (exact) mass is 163 g/mol. The lowest BCUT2D eigenvalue weighted by atomic mass is 10.4. The van der Waals surface area contributed by atoms with Crippen LogP contribution in [0, 0.1) is 0 Å². The molecule has 0 aliphatic rings. The van der Waals surface area contributed by atoms with E-state index in [1.165, 1.54) is 0 Å². The van der Waals surface area contributed by atoms with Gasteiger partial charge in [-0.3, -0.25) is 0 Å². The van der Waals surface area contributed by atoms with E-state index >= 15 is 0 Å². The Morgan fingerprint density at radius 3 is 2.18 bits per heavy atom. The number of amides is 1. The second-order valence-corrected chi connectivity index (χ2v) is 2.07. The number of nitrogens with zero attached hydrogens (tertiary/aromatic N) is 1. The highest BCUT2D eigenvalue weighted by molar-refractivity contribution is 5.64. The van der Waals surface area contributed by atoms with Crippen molar-refractivity contribution in [1.82, 2.24) is 4.90 Å². The van der Waals surface area contributed by atoms with Gasteiger partial charge in [-0.1, -0.05) is 0 Å². The Hall–Kier alpha value is -0.810. The average Bonchev–Trinajstić information content (AvgIpc) is 1.97. The standard InChI is InChI=1S/C6H13NO4/c8-4-1-2-7(3-5-9)6(10)11/h8-9H,1-5H2,(H,10,11). The molecule has 0 bridgehead atoms. The molecule has 0 aromatic carbocycles. The van der Waals surface area contributed by atoms with Crippen LogP contribution in [0.15, 0.2) is 0 Å². The molecule has 1 amide bonds. The van der Waals surface area contributed by atoms with Crippen LogP contribution in [0.25, 0.3) is 0 Å². The largest absolute Gasteiger partial charge is 0.465 e. The molecule has 0 spiro atoms. The SMILES string of the molecule is O=C(O)N(CCO)CCCO. The predicted molar refractivity (Wildman–Crippen MR) is 38.4 cm³/mol. The first-order valence-corrected chi connectivity index (χ1v) is 3.42. The summed E-state index contributed by atoms with van der Waals surface area (Å²) in [5.41, 5.74) is 0. The van der Waals surface area contributed by atoms with Crippen LogP contribution < -0.4 is 0 Å². The Balaban J connectivity index is 3.60. The van der Waals surface area contributed by atoms with E-state index in [0.29, 0.717) is 6.42 Å². The van der Waals surface area contributed by atoms with Gasteiger partial charge >= 0.3 is 6.09 Å². The molecule has 0 aliphatic carbocycles. The van der Waals surface area contributed by atoms with Crippen LogP contribution in [0.2, 0.25) is 0 Å². The molecule has 5 heteroatoms. The van der Waals surface area contributed by atoms with Gasteiger partial charge in [0, 0.05) is 19.7 Å². The van der Waals surface area contributed by atoms with Gasteiger partial charge in [0.25, 0.3) is 0 Å². The maximum atomic E-state index is 10.3. The van der Waals surface area contributed by atoms with Crippen LogP contribution in [-0.2, 0) is 0 Å². The van der Waals surface area contributed by atoms with Gasteiger partial charge in [-0.25, -0.2) is 4.79 Å². The maximum absolute atomic E-state index is 10.3. The van der Waals surface area contributed by atoms with E-state index in [4.69, 9.17) is 15.3 Å². The molecule has 0 aliphatic heterocycles. The highest BCUT2D eigenvalue weighted by Crippen LogP contribution is 1.90. The fourth-order valence-electron chi connectivity index (χ4n) is 0.685. The summed E-state index contributed by atoms with van der Waals surface area (Å²) in [5.74, 6) is 0. The molecule has 0 heterocycles. The molecule has 0 saturated carbocycles. The van der Waals surface area contributed by atoms with E-state index in [9.17, 15) is 4.79 Å². The lowest BCUT2D eigenvalue weighted by Gasteiger charge is -2.16. The second kappa shape index (κ2) is 5.94. The van der Waals surface area contributed by atoms with Crippen molar-refractivity contribution in [3.8, 4) is 0 Å². The summed E-state index contributed by atoms with van der Waals surface area (Å²) in [7, 11) is 0. The minimum absolute atomic E-state index is 0.0325. The summed E-state index contributed by atoms with van der Waals surface area (Å²) in [6, 6.07) is 0. The molecule has 0 unspecified atom stereocenters. The molecule has 0 radical (unpaired) electrons. The first kappa shape index (κ1) is 10.2. The number of aliphatic hydroxyl groups is 2. The van der Waals surface area contributed by atoms with Gasteiger partial charge in [-0.15, -0.1) is 0 Å². The van der Waals surface area contributed by atoms with Crippen molar-refractivity contribution in [2.24, 2.45) is 0 Å². The number of carboxylic acid groups (broad SMARTS) is 1. The fraction of sp³-hybridized carbons (Fsp3) is 0.833. The lowest BCUT2D eigenvalue weighted by Crippen LogP contribution is -2.33. The van der Waals surface area contributed by atoms with E-state index in [1.54, 1.807) is 0 Å². The van der Waals surface area contributed by atoms with E-state index in [0.717, 1.165) is 4.90 Å². The molecular formula is C6H13NO4. The van der Waals surface area contributed by atoms with Crippen molar-refractivity contribution in [1.29, 1.82) is 0 Å². The molecule has 0 rings (SSSR count). The van der Waals surface area contributed by atoms with Crippen LogP contribution in [-0.4, -0.2) is 52.6 Å². The van der Waals surface area contributed by atoms with Crippen LogP contribution in [0.1, 0.15) is 6.42 Å². The van der Waals surface area contributed by atoms with Crippen molar-refractivity contribution in [2.45, 2.75) is 6.42 Å². The Labute approximate surface area is 64.9 Å². The topological polar surface area (TPSA) is 81.0 Å². The van der Waals surface area contributed by atoms with Gasteiger partial charge in [-0.2, -0.15) is 0 Å². The summed E-state index contributed by atoms with van der Waals surface area (Å²) in [4.78, 5) is 11.4. The molecule has 66 valence electrons. The smallest absolute Gasteiger partial charge is 0.407 e. The van der Waals surface area contributed by atoms with Crippen LogP contribution >= 0.6 is 0 Å². The normalized spacial score (nSPS) is 9.64. The highest BCUT2D eigenvalue weighted by atomic mass is 16.4. The molecule has 0 aromatic heterocycles. The Morgan fingerprint density at radius 1 is 1.18 bits per heavy atom. The number of carbonyl (C=O) groups is 1. The highest BCUT2D eigenvalue weighted by Gasteiger charge is 2.08. The van der Waals surface area contributed by atoms with Crippen molar-refractivity contribution in [3.05, 3.63) is 0 Å². The van der Waals surface area contributed by atoms with E-state index < -0.39 is 6.09 Å². The summed E-state index contributed by atoms with van der Waals surface area (Å²) >= 11 is 0.